The predicted octanol–water partition coefficient (Wildman–Crippen LogP) is 0.193. The molecule has 0 spiro atoms. The summed E-state index contributed by atoms with van der Waals surface area (Å²) in [6.45, 7) is 5.42. The van der Waals surface area contributed by atoms with Gasteiger partial charge in [-0.15, -0.1) is 0 Å². The van der Waals surface area contributed by atoms with Crippen molar-refractivity contribution >= 4 is 5.97 Å². The fourth-order valence-electron chi connectivity index (χ4n) is 2.61. The standard InChI is InChI=1S/C11H16O6/c1-5(12)14-7-6-4-13-10(15-6)9-8(7)16-11(2,3)17-9/h6-10H,4H2,1-3H3/t6-,7-,8+,9+,10?/m1/s1. The quantitative estimate of drug-likeness (QED) is 0.614. The summed E-state index contributed by atoms with van der Waals surface area (Å²) in [5.41, 5.74) is 0. The van der Waals surface area contributed by atoms with Crippen LogP contribution in [-0.2, 0) is 28.5 Å². The highest BCUT2D eigenvalue weighted by atomic mass is 16.8. The van der Waals surface area contributed by atoms with Gasteiger partial charge in [0.2, 0.25) is 0 Å². The molecule has 0 aromatic carbocycles. The molecule has 5 atom stereocenters. The summed E-state index contributed by atoms with van der Waals surface area (Å²) in [5, 5.41) is 0. The Balaban J connectivity index is 1.85. The van der Waals surface area contributed by atoms with Crippen LogP contribution in [0.1, 0.15) is 20.8 Å². The second-order valence-corrected chi connectivity index (χ2v) is 5.02. The minimum atomic E-state index is -0.703. The van der Waals surface area contributed by atoms with E-state index in [4.69, 9.17) is 23.7 Å². The van der Waals surface area contributed by atoms with Crippen molar-refractivity contribution in [1.29, 1.82) is 0 Å². The summed E-state index contributed by atoms with van der Waals surface area (Å²) >= 11 is 0. The maximum atomic E-state index is 11.1. The number of hydrogen-bond donors (Lipinski definition) is 0. The van der Waals surface area contributed by atoms with E-state index >= 15 is 0 Å². The molecule has 0 saturated carbocycles. The number of esters is 1. The molecule has 0 amide bonds. The maximum absolute atomic E-state index is 11.1. The first-order valence-corrected chi connectivity index (χ1v) is 5.76. The zero-order valence-corrected chi connectivity index (χ0v) is 10.0. The molecule has 3 aliphatic heterocycles. The van der Waals surface area contributed by atoms with Gasteiger partial charge in [-0.3, -0.25) is 4.79 Å². The van der Waals surface area contributed by atoms with Gasteiger partial charge in [-0.05, 0) is 13.8 Å². The lowest BCUT2D eigenvalue weighted by atomic mass is 10.0. The molecule has 2 bridgehead atoms. The normalized spacial score (nSPS) is 46.6. The number of fused-ring (bicyclic) bond motifs is 4. The van der Waals surface area contributed by atoms with Gasteiger partial charge in [0, 0.05) is 6.92 Å². The summed E-state index contributed by atoms with van der Waals surface area (Å²) in [7, 11) is 0. The van der Waals surface area contributed by atoms with Gasteiger partial charge in [0.15, 0.2) is 18.2 Å². The van der Waals surface area contributed by atoms with Gasteiger partial charge in [0.25, 0.3) is 0 Å². The summed E-state index contributed by atoms with van der Waals surface area (Å²) in [6.07, 6.45) is -1.80. The lowest BCUT2D eigenvalue weighted by Crippen LogP contribution is -2.53. The lowest BCUT2D eigenvalue weighted by Gasteiger charge is -2.34. The smallest absolute Gasteiger partial charge is 0.303 e. The van der Waals surface area contributed by atoms with Crippen molar-refractivity contribution in [2.45, 2.75) is 57.3 Å². The lowest BCUT2D eigenvalue weighted by molar-refractivity contribution is -0.207. The number of rotatable bonds is 1. The molecule has 0 N–H and O–H groups in total. The second-order valence-electron chi connectivity index (χ2n) is 5.02. The predicted molar refractivity (Wildman–Crippen MR) is 54.0 cm³/mol. The Bertz CT molecular complexity index is 341. The van der Waals surface area contributed by atoms with Gasteiger partial charge in [-0.2, -0.15) is 0 Å². The van der Waals surface area contributed by atoms with Crippen molar-refractivity contribution in [3.05, 3.63) is 0 Å². The van der Waals surface area contributed by atoms with Crippen LogP contribution in [0.4, 0.5) is 0 Å². The summed E-state index contributed by atoms with van der Waals surface area (Å²) < 4.78 is 27.9. The molecule has 3 aliphatic rings. The van der Waals surface area contributed by atoms with Gasteiger partial charge in [0.1, 0.15) is 18.3 Å². The zero-order valence-electron chi connectivity index (χ0n) is 10.0. The highest BCUT2D eigenvalue weighted by molar-refractivity contribution is 5.66. The monoisotopic (exact) mass is 244 g/mol. The first kappa shape index (κ1) is 11.4. The number of ether oxygens (including phenoxy) is 5. The van der Waals surface area contributed by atoms with Gasteiger partial charge < -0.3 is 23.7 Å². The van der Waals surface area contributed by atoms with E-state index in [-0.39, 0.29) is 24.3 Å². The van der Waals surface area contributed by atoms with Crippen LogP contribution in [0.2, 0.25) is 0 Å². The molecule has 3 saturated heterocycles. The zero-order chi connectivity index (χ0) is 12.2. The van der Waals surface area contributed by atoms with Gasteiger partial charge in [0.05, 0.1) is 6.61 Å². The van der Waals surface area contributed by atoms with E-state index in [1.807, 2.05) is 13.8 Å². The van der Waals surface area contributed by atoms with Crippen LogP contribution in [0.5, 0.6) is 0 Å². The Morgan fingerprint density at radius 2 is 2.00 bits per heavy atom. The van der Waals surface area contributed by atoms with Gasteiger partial charge in [-0.25, -0.2) is 0 Å². The first-order chi connectivity index (χ1) is 7.96. The first-order valence-electron chi connectivity index (χ1n) is 5.76. The molecule has 0 radical (unpaired) electrons. The maximum Gasteiger partial charge on any atom is 0.303 e. The average molecular weight is 244 g/mol. The Morgan fingerprint density at radius 3 is 2.71 bits per heavy atom. The summed E-state index contributed by atoms with van der Waals surface area (Å²) in [5.74, 6) is -1.05. The highest BCUT2D eigenvalue weighted by Gasteiger charge is 2.59. The Morgan fingerprint density at radius 1 is 1.29 bits per heavy atom. The van der Waals surface area contributed by atoms with Crippen molar-refractivity contribution in [3.63, 3.8) is 0 Å². The van der Waals surface area contributed by atoms with Gasteiger partial charge >= 0.3 is 5.97 Å². The van der Waals surface area contributed by atoms with Crippen molar-refractivity contribution in [3.8, 4) is 0 Å². The van der Waals surface area contributed by atoms with Crippen LogP contribution in [0.25, 0.3) is 0 Å². The van der Waals surface area contributed by atoms with E-state index in [2.05, 4.69) is 0 Å². The fourth-order valence-corrected chi connectivity index (χ4v) is 2.61. The molecule has 1 unspecified atom stereocenters. The minimum absolute atomic E-state index is 0.261. The van der Waals surface area contributed by atoms with Crippen LogP contribution in [0, 0.1) is 0 Å². The fraction of sp³-hybridized carbons (Fsp3) is 0.909. The van der Waals surface area contributed by atoms with E-state index in [9.17, 15) is 4.79 Å². The van der Waals surface area contributed by atoms with E-state index in [0.717, 1.165) is 0 Å². The van der Waals surface area contributed by atoms with Crippen molar-refractivity contribution in [2.24, 2.45) is 0 Å². The van der Waals surface area contributed by atoms with Crippen molar-refractivity contribution in [1.82, 2.24) is 0 Å². The van der Waals surface area contributed by atoms with E-state index < -0.39 is 18.2 Å². The molecule has 3 fully saturated rings. The molecule has 0 aliphatic carbocycles. The van der Waals surface area contributed by atoms with Crippen LogP contribution >= 0.6 is 0 Å². The van der Waals surface area contributed by atoms with E-state index in [1.54, 1.807) is 0 Å². The summed E-state index contributed by atoms with van der Waals surface area (Å²) in [4.78, 5) is 11.1. The summed E-state index contributed by atoms with van der Waals surface area (Å²) in [6, 6.07) is 0. The molecule has 17 heavy (non-hydrogen) atoms. The molecule has 96 valence electrons. The second kappa shape index (κ2) is 3.65. The van der Waals surface area contributed by atoms with Gasteiger partial charge in [-0.1, -0.05) is 0 Å². The average Bonchev–Trinajstić information content (AvgIpc) is 2.75. The molecular formula is C11H16O6. The molecular weight excluding hydrogens is 228 g/mol. The van der Waals surface area contributed by atoms with Crippen molar-refractivity contribution < 1.29 is 28.5 Å². The number of carbonyl (C=O) groups excluding carboxylic acids is 1. The van der Waals surface area contributed by atoms with Crippen LogP contribution < -0.4 is 0 Å². The largest absolute Gasteiger partial charge is 0.457 e. The molecule has 0 aromatic heterocycles. The van der Waals surface area contributed by atoms with Crippen LogP contribution in [0.3, 0.4) is 0 Å². The Kier molecular flexibility index (Phi) is 2.45. The minimum Gasteiger partial charge on any atom is -0.457 e. The van der Waals surface area contributed by atoms with E-state index in [1.165, 1.54) is 6.92 Å². The molecule has 6 heteroatoms. The number of carbonyl (C=O) groups is 1. The highest BCUT2D eigenvalue weighted by Crippen LogP contribution is 2.41. The molecule has 0 aromatic rings. The number of hydrogen-bond acceptors (Lipinski definition) is 6. The topological polar surface area (TPSA) is 63.2 Å². The van der Waals surface area contributed by atoms with Crippen LogP contribution in [-0.4, -0.2) is 49.1 Å². The Hall–Kier alpha value is -0.690. The molecule has 3 rings (SSSR count). The molecule has 6 nitrogen and oxygen atoms in total. The third-order valence-corrected chi connectivity index (χ3v) is 3.16. The molecule has 3 heterocycles. The van der Waals surface area contributed by atoms with Crippen LogP contribution in [0.15, 0.2) is 0 Å². The van der Waals surface area contributed by atoms with E-state index in [0.29, 0.717) is 6.61 Å². The third-order valence-electron chi connectivity index (χ3n) is 3.16. The third kappa shape index (κ3) is 1.85. The van der Waals surface area contributed by atoms with Crippen molar-refractivity contribution in [2.75, 3.05) is 6.61 Å². The SMILES string of the molecule is CC(=O)O[C@H]1[C@@H]2OC(C)(C)O[C@@H]2C2OC[C@H]1O2. The Labute approximate surface area is 99.1 Å².